The van der Waals surface area contributed by atoms with E-state index < -0.39 is 0 Å². The predicted octanol–water partition coefficient (Wildman–Crippen LogP) is 4.55. The number of benzene rings is 2. The molecule has 1 aliphatic carbocycles. The first-order valence-corrected chi connectivity index (χ1v) is 8.05. The Hall–Kier alpha value is -1.54. The third-order valence-corrected chi connectivity index (χ3v) is 4.69. The second-order valence-electron chi connectivity index (χ2n) is 6.21. The minimum atomic E-state index is 0.468. The number of ether oxygens (including phenoxy) is 1. The molecule has 1 N–H and O–H groups in total. The molecular formula is C19H25NO. The van der Waals surface area contributed by atoms with Gasteiger partial charge in [-0.3, -0.25) is 0 Å². The molecule has 0 radical (unpaired) electrons. The number of methoxy groups -OCH3 is 1. The summed E-state index contributed by atoms with van der Waals surface area (Å²) in [5.74, 6) is 2.57. The van der Waals surface area contributed by atoms with Crippen molar-refractivity contribution < 1.29 is 4.74 Å². The minimum absolute atomic E-state index is 0.468. The number of nitrogens with one attached hydrogen (secondary N) is 1. The number of fused-ring (bicyclic) bond motifs is 1. The first-order valence-electron chi connectivity index (χ1n) is 8.05. The Morgan fingerprint density at radius 1 is 1.19 bits per heavy atom. The molecule has 2 aromatic rings. The van der Waals surface area contributed by atoms with E-state index in [4.69, 9.17) is 4.74 Å². The van der Waals surface area contributed by atoms with Gasteiger partial charge in [0.1, 0.15) is 5.75 Å². The lowest BCUT2D eigenvalue weighted by molar-refractivity contribution is 0.419. The second kappa shape index (κ2) is 6.07. The molecule has 0 amide bonds. The Kier molecular flexibility index (Phi) is 4.16. The van der Waals surface area contributed by atoms with E-state index in [9.17, 15) is 0 Å². The third kappa shape index (κ3) is 2.77. The zero-order valence-electron chi connectivity index (χ0n) is 13.2. The van der Waals surface area contributed by atoms with Gasteiger partial charge in [0, 0.05) is 11.4 Å². The van der Waals surface area contributed by atoms with Crippen LogP contribution in [0.1, 0.15) is 38.3 Å². The van der Waals surface area contributed by atoms with Crippen LogP contribution in [-0.2, 0) is 0 Å². The van der Waals surface area contributed by atoms with Gasteiger partial charge in [0.2, 0.25) is 0 Å². The standard InChI is InChI=1S/C19H25NO/c1-4-11-20-19(17-12-13(17)2)16-9-10-18(21-3)15-8-6-5-7-14(15)16/h5-10,13,17,19-20H,4,11-12H2,1-3H3. The van der Waals surface area contributed by atoms with Crippen molar-refractivity contribution in [3.05, 3.63) is 42.0 Å². The molecule has 0 saturated heterocycles. The molecule has 1 saturated carbocycles. The van der Waals surface area contributed by atoms with Crippen molar-refractivity contribution in [2.24, 2.45) is 11.8 Å². The zero-order chi connectivity index (χ0) is 14.8. The van der Waals surface area contributed by atoms with Gasteiger partial charge in [0.15, 0.2) is 0 Å². The second-order valence-corrected chi connectivity index (χ2v) is 6.21. The van der Waals surface area contributed by atoms with Crippen LogP contribution in [-0.4, -0.2) is 13.7 Å². The van der Waals surface area contributed by atoms with Crippen LogP contribution in [0.3, 0.4) is 0 Å². The van der Waals surface area contributed by atoms with E-state index in [2.05, 4.69) is 55.6 Å². The first-order chi connectivity index (χ1) is 10.3. The summed E-state index contributed by atoms with van der Waals surface area (Å²) < 4.78 is 5.52. The van der Waals surface area contributed by atoms with E-state index in [0.29, 0.717) is 6.04 Å². The van der Waals surface area contributed by atoms with E-state index in [0.717, 1.165) is 24.1 Å². The monoisotopic (exact) mass is 283 g/mol. The van der Waals surface area contributed by atoms with Crippen LogP contribution >= 0.6 is 0 Å². The lowest BCUT2D eigenvalue weighted by Gasteiger charge is -2.22. The molecule has 3 unspecified atom stereocenters. The molecule has 0 heterocycles. The molecule has 2 nitrogen and oxygen atoms in total. The Morgan fingerprint density at radius 3 is 2.52 bits per heavy atom. The largest absolute Gasteiger partial charge is 0.496 e. The fourth-order valence-electron chi connectivity index (χ4n) is 3.35. The molecule has 0 aromatic heterocycles. The van der Waals surface area contributed by atoms with E-state index >= 15 is 0 Å². The van der Waals surface area contributed by atoms with Crippen LogP contribution in [0.15, 0.2) is 36.4 Å². The molecule has 3 atom stereocenters. The van der Waals surface area contributed by atoms with Gasteiger partial charge >= 0.3 is 0 Å². The molecule has 0 spiro atoms. The highest BCUT2D eigenvalue weighted by Crippen LogP contribution is 2.48. The fraction of sp³-hybridized carbons (Fsp3) is 0.474. The zero-order valence-corrected chi connectivity index (χ0v) is 13.2. The van der Waals surface area contributed by atoms with E-state index in [1.165, 1.54) is 29.2 Å². The van der Waals surface area contributed by atoms with Crippen LogP contribution in [0, 0.1) is 11.8 Å². The summed E-state index contributed by atoms with van der Waals surface area (Å²) in [5, 5.41) is 6.31. The lowest BCUT2D eigenvalue weighted by Crippen LogP contribution is -2.24. The summed E-state index contributed by atoms with van der Waals surface area (Å²) in [6.45, 7) is 5.66. The Labute approximate surface area is 127 Å². The normalized spacial score (nSPS) is 22.2. The number of hydrogen-bond donors (Lipinski definition) is 1. The Morgan fingerprint density at radius 2 is 1.90 bits per heavy atom. The number of rotatable bonds is 6. The summed E-state index contributed by atoms with van der Waals surface area (Å²) in [6, 6.07) is 13.4. The third-order valence-electron chi connectivity index (χ3n) is 4.69. The molecule has 21 heavy (non-hydrogen) atoms. The van der Waals surface area contributed by atoms with Crippen LogP contribution in [0.4, 0.5) is 0 Å². The van der Waals surface area contributed by atoms with E-state index in [1.807, 2.05) is 0 Å². The first kappa shape index (κ1) is 14.4. The van der Waals surface area contributed by atoms with Gasteiger partial charge in [0.25, 0.3) is 0 Å². The average Bonchev–Trinajstić information content (AvgIpc) is 3.24. The maximum absolute atomic E-state index is 5.52. The molecule has 3 rings (SSSR count). The van der Waals surface area contributed by atoms with Crippen molar-refractivity contribution in [2.75, 3.05) is 13.7 Å². The summed E-state index contributed by atoms with van der Waals surface area (Å²) in [4.78, 5) is 0. The van der Waals surface area contributed by atoms with Crippen molar-refractivity contribution in [1.82, 2.24) is 5.32 Å². The SMILES string of the molecule is CCCNC(c1ccc(OC)c2ccccc12)C1CC1C. The van der Waals surface area contributed by atoms with Gasteiger partial charge < -0.3 is 10.1 Å². The molecular weight excluding hydrogens is 258 g/mol. The predicted molar refractivity (Wildman–Crippen MR) is 88.8 cm³/mol. The van der Waals surface area contributed by atoms with Crippen LogP contribution < -0.4 is 10.1 Å². The molecule has 2 heteroatoms. The van der Waals surface area contributed by atoms with Crippen molar-refractivity contribution in [3.63, 3.8) is 0 Å². The van der Waals surface area contributed by atoms with Crippen LogP contribution in [0.2, 0.25) is 0 Å². The Balaban J connectivity index is 2.05. The van der Waals surface area contributed by atoms with Crippen molar-refractivity contribution in [3.8, 4) is 5.75 Å². The molecule has 112 valence electrons. The molecule has 0 bridgehead atoms. The van der Waals surface area contributed by atoms with Gasteiger partial charge in [-0.25, -0.2) is 0 Å². The maximum Gasteiger partial charge on any atom is 0.126 e. The summed E-state index contributed by atoms with van der Waals surface area (Å²) in [7, 11) is 1.75. The van der Waals surface area contributed by atoms with Crippen LogP contribution in [0.5, 0.6) is 5.75 Å². The van der Waals surface area contributed by atoms with Gasteiger partial charge in [-0.05, 0) is 48.2 Å². The van der Waals surface area contributed by atoms with Gasteiger partial charge in [0.05, 0.1) is 7.11 Å². The van der Waals surface area contributed by atoms with Crippen molar-refractivity contribution >= 4 is 10.8 Å². The molecule has 0 aliphatic heterocycles. The fourth-order valence-corrected chi connectivity index (χ4v) is 3.35. The molecule has 1 aliphatic rings. The smallest absolute Gasteiger partial charge is 0.126 e. The maximum atomic E-state index is 5.52. The number of hydrogen-bond acceptors (Lipinski definition) is 2. The molecule has 2 aromatic carbocycles. The van der Waals surface area contributed by atoms with Crippen molar-refractivity contribution in [1.29, 1.82) is 0 Å². The lowest BCUT2D eigenvalue weighted by atomic mass is 9.94. The summed E-state index contributed by atoms with van der Waals surface area (Å²) >= 11 is 0. The minimum Gasteiger partial charge on any atom is -0.496 e. The van der Waals surface area contributed by atoms with E-state index in [1.54, 1.807) is 7.11 Å². The average molecular weight is 283 g/mol. The highest BCUT2D eigenvalue weighted by molar-refractivity contribution is 5.91. The molecule has 1 fully saturated rings. The van der Waals surface area contributed by atoms with E-state index in [-0.39, 0.29) is 0 Å². The highest BCUT2D eigenvalue weighted by atomic mass is 16.5. The van der Waals surface area contributed by atoms with Gasteiger partial charge in [-0.15, -0.1) is 0 Å². The van der Waals surface area contributed by atoms with Crippen molar-refractivity contribution in [2.45, 2.75) is 32.7 Å². The Bertz CT molecular complexity index is 622. The summed E-state index contributed by atoms with van der Waals surface area (Å²) in [6.07, 6.45) is 2.51. The van der Waals surface area contributed by atoms with Gasteiger partial charge in [-0.1, -0.05) is 44.2 Å². The topological polar surface area (TPSA) is 21.3 Å². The van der Waals surface area contributed by atoms with Gasteiger partial charge in [-0.2, -0.15) is 0 Å². The highest BCUT2D eigenvalue weighted by Gasteiger charge is 2.40. The summed E-state index contributed by atoms with van der Waals surface area (Å²) in [5.41, 5.74) is 1.43. The van der Waals surface area contributed by atoms with Crippen LogP contribution in [0.25, 0.3) is 10.8 Å². The quantitative estimate of drug-likeness (QED) is 0.840.